The Hall–Kier alpha value is -2.87. The summed E-state index contributed by atoms with van der Waals surface area (Å²) in [4.78, 5) is 14.2. The summed E-state index contributed by atoms with van der Waals surface area (Å²) in [6.45, 7) is 6.59. The zero-order chi connectivity index (χ0) is 23.0. The van der Waals surface area contributed by atoms with Crippen molar-refractivity contribution in [2.45, 2.75) is 46.0 Å². The number of benzene rings is 2. The lowest BCUT2D eigenvalue weighted by atomic mass is 10.1. The van der Waals surface area contributed by atoms with Crippen molar-refractivity contribution in [3.8, 4) is 17.0 Å². The summed E-state index contributed by atoms with van der Waals surface area (Å²) in [5.74, 6) is 0.405. The molecule has 4 rings (SSSR count). The number of aromatic nitrogens is 2. The molecule has 0 N–H and O–H groups in total. The SMILES string of the molecule is COc1ccc(Cn2nc3c(c2-c2ccccc2F)CN(C(=O)OC(C)(C)C)C3)cc1Br. The van der Waals surface area contributed by atoms with Crippen LogP contribution < -0.4 is 4.74 Å². The molecule has 0 unspecified atom stereocenters. The Balaban J connectivity index is 1.71. The molecule has 1 amide bonds. The largest absolute Gasteiger partial charge is 0.496 e. The van der Waals surface area contributed by atoms with Crippen LogP contribution in [0, 0.1) is 5.82 Å². The molecule has 0 bridgehead atoms. The quantitative estimate of drug-likeness (QED) is 0.456. The molecular weight excluding hydrogens is 477 g/mol. The zero-order valence-corrected chi connectivity index (χ0v) is 20.1. The Morgan fingerprint density at radius 1 is 1.19 bits per heavy atom. The van der Waals surface area contributed by atoms with E-state index in [0.717, 1.165) is 27.0 Å². The highest BCUT2D eigenvalue weighted by Crippen LogP contribution is 2.35. The fourth-order valence-corrected chi connectivity index (χ4v) is 4.36. The van der Waals surface area contributed by atoms with E-state index in [2.05, 4.69) is 15.9 Å². The summed E-state index contributed by atoms with van der Waals surface area (Å²) in [6.07, 6.45) is -0.402. The summed E-state index contributed by atoms with van der Waals surface area (Å²) in [6, 6.07) is 12.4. The van der Waals surface area contributed by atoms with Crippen molar-refractivity contribution in [3.05, 3.63) is 69.6 Å². The molecule has 8 heteroatoms. The molecule has 168 valence electrons. The van der Waals surface area contributed by atoms with Crippen molar-refractivity contribution < 1.29 is 18.7 Å². The summed E-state index contributed by atoms with van der Waals surface area (Å²) in [5.41, 5.74) is 3.12. The van der Waals surface area contributed by atoms with Crippen molar-refractivity contribution >= 4 is 22.0 Å². The molecule has 0 fully saturated rings. The highest BCUT2D eigenvalue weighted by molar-refractivity contribution is 9.10. The molecule has 1 aromatic heterocycles. The number of fused-ring (bicyclic) bond motifs is 1. The third-order valence-electron chi connectivity index (χ3n) is 5.15. The van der Waals surface area contributed by atoms with Crippen molar-refractivity contribution in [1.29, 1.82) is 0 Å². The van der Waals surface area contributed by atoms with E-state index in [0.29, 0.717) is 30.9 Å². The highest BCUT2D eigenvalue weighted by Gasteiger charge is 2.33. The van der Waals surface area contributed by atoms with Crippen LogP contribution in [-0.2, 0) is 24.4 Å². The van der Waals surface area contributed by atoms with Crippen LogP contribution in [0.4, 0.5) is 9.18 Å². The second-order valence-corrected chi connectivity index (χ2v) is 9.57. The Morgan fingerprint density at radius 2 is 1.94 bits per heavy atom. The number of methoxy groups -OCH3 is 1. The van der Waals surface area contributed by atoms with E-state index < -0.39 is 11.7 Å². The standard InChI is InChI=1S/C24H25BrFN3O3/c1-24(2,3)32-23(30)28-13-17-20(14-28)27-29(22(17)16-7-5-6-8-19(16)26)12-15-9-10-21(31-4)18(25)11-15/h5-11H,12-14H2,1-4H3. The number of amides is 1. The van der Waals surface area contributed by atoms with Gasteiger partial charge in [0.05, 0.1) is 42.6 Å². The minimum atomic E-state index is -0.590. The Kier molecular flexibility index (Phi) is 5.99. The molecule has 1 aliphatic rings. The van der Waals surface area contributed by atoms with Crippen LogP contribution in [0.15, 0.2) is 46.9 Å². The van der Waals surface area contributed by atoms with E-state index in [9.17, 15) is 9.18 Å². The van der Waals surface area contributed by atoms with Crippen LogP contribution in [0.2, 0.25) is 0 Å². The highest BCUT2D eigenvalue weighted by atomic mass is 79.9. The van der Waals surface area contributed by atoms with E-state index in [1.54, 1.807) is 30.2 Å². The van der Waals surface area contributed by atoms with Gasteiger partial charge >= 0.3 is 6.09 Å². The number of rotatable bonds is 4. The second kappa shape index (κ2) is 8.58. The van der Waals surface area contributed by atoms with Gasteiger partial charge in [0.25, 0.3) is 0 Å². The summed E-state index contributed by atoms with van der Waals surface area (Å²) < 4.78 is 28.3. The lowest BCUT2D eigenvalue weighted by Crippen LogP contribution is -2.33. The van der Waals surface area contributed by atoms with Crippen LogP contribution in [0.3, 0.4) is 0 Å². The Bertz CT molecular complexity index is 1170. The minimum absolute atomic E-state index is 0.320. The van der Waals surface area contributed by atoms with Gasteiger partial charge in [-0.25, -0.2) is 9.18 Å². The van der Waals surface area contributed by atoms with E-state index in [4.69, 9.17) is 14.6 Å². The van der Waals surface area contributed by atoms with Crippen LogP contribution in [0.1, 0.15) is 37.6 Å². The monoisotopic (exact) mass is 501 g/mol. The van der Waals surface area contributed by atoms with Crippen LogP contribution in [0.25, 0.3) is 11.3 Å². The molecule has 0 aliphatic carbocycles. The molecule has 2 heterocycles. The number of ether oxygens (including phenoxy) is 2. The van der Waals surface area contributed by atoms with Gasteiger partial charge in [-0.1, -0.05) is 18.2 Å². The number of hydrogen-bond acceptors (Lipinski definition) is 4. The lowest BCUT2D eigenvalue weighted by Gasteiger charge is -2.24. The average molecular weight is 502 g/mol. The first-order chi connectivity index (χ1) is 15.2. The third-order valence-corrected chi connectivity index (χ3v) is 5.77. The van der Waals surface area contributed by atoms with E-state index in [-0.39, 0.29) is 5.82 Å². The molecule has 0 spiro atoms. The second-order valence-electron chi connectivity index (χ2n) is 8.72. The van der Waals surface area contributed by atoms with Crippen molar-refractivity contribution in [3.63, 3.8) is 0 Å². The predicted octanol–water partition coefficient (Wildman–Crippen LogP) is 5.76. The van der Waals surface area contributed by atoms with Gasteiger partial charge in [-0.15, -0.1) is 0 Å². The average Bonchev–Trinajstić information content (AvgIpc) is 3.25. The van der Waals surface area contributed by atoms with Crippen LogP contribution in [-0.4, -0.2) is 33.5 Å². The number of halogens is 2. The van der Waals surface area contributed by atoms with E-state index in [1.807, 2.05) is 43.7 Å². The molecular formula is C24H25BrFN3O3. The van der Waals surface area contributed by atoms with Gasteiger partial charge in [0.1, 0.15) is 17.2 Å². The fraction of sp³-hybridized carbons (Fsp3) is 0.333. The van der Waals surface area contributed by atoms with Crippen molar-refractivity contribution in [2.75, 3.05) is 7.11 Å². The zero-order valence-electron chi connectivity index (χ0n) is 18.5. The fourth-order valence-electron chi connectivity index (χ4n) is 3.78. The first-order valence-corrected chi connectivity index (χ1v) is 11.1. The van der Waals surface area contributed by atoms with Gasteiger partial charge in [0, 0.05) is 11.1 Å². The Labute approximate surface area is 195 Å². The molecule has 1 aliphatic heterocycles. The van der Waals surface area contributed by atoms with E-state index in [1.165, 1.54) is 6.07 Å². The summed E-state index contributed by atoms with van der Waals surface area (Å²) >= 11 is 3.52. The van der Waals surface area contributed by atoms with E-state index >= 15 is 0 Å². The maximum Gasteiger partial charge on any atom is 0.410 e. The van der Waals surface area contributed by atoms with Gasteiger partial charge < -0.3 is 9.47 Å². The third kappa shape index (κ3) is 4.50. The molecule has 0 saturated carbocycles. The number of hydrogen-bond donors (Lipinski definition) is 0. The molecule has 0 radical (unpaired) electrons. The molecule has 2 aromatic carbocycles. The number of nitrogens with zero attached hydrogens (tertiary/aromatic N) is 3. The summed E-state index contributed by atoms with van der Waals surface area (Å²) in [5, 5.41) is 4.76. The smallest absolute Gasteiger partial charge is 0.410 e. The van der Waals surface area contributed by atoms with Crippen molar-refractivity contribution in [1.82, 2.24) is 14.7 Å². The minimum Gasteiger partial charge on any atom is -0.496 e. The maximum absolute atomic E-state index is 14.8. The van der Waals surface area contributed by atoms with Gasteiger partial charge in [-0.2, -0.15) is 5.10 Å². The first kappa shape index (κ1) is 22.3. The van der Waals surface area contributed by atoms with Crippen LogP contribution in [0.5, 0.6) is 5.75 Å². The van der Waals surface area contributed by atoms with Gasteiger partial charge in [-0.05, 0) is 66.5 Å². The normalized spacial score (nSPS) is 13.2. The molecule has 6 nitrogen and oxygen atoms in total. The van der Waals surface area contributed by atoms with Gasteiger partial charge in [0.15, 0.2) is 0 Å². The van der Waals surface area contributed by atoms with Gasteiger partial charge in [0.2, 0.25) is 0 Å². The Morgan fingerprint density at radius 3 is 2.59 bits per heavy atom. The van der Waals surface area contributed by atoms with Crippen LogP contribution >= 0.6 is 15.9 Å². The van der Waals surface area contributed by atoms with Gasteiger partial charge in [-0.3, -0.25) is 9.58 Å². The lowest BCUT2D eigenvalue weighted by molar-refractivity contribution is 0.0239. The van der Waals surface area contributed by atoms with Crippen molar-refractivity contribution in [2.24, 2.45) is 0 Å². The molecule has 0 atom stereocenters. The molecule has 3 aromatic rings. The number of carbonyl (C=O) groups excluding carboxylic acids is 1. The summed E-state index contributed by atoms with van der Waals surface area (Å²) in [7, 11) is 1.62. The number of carbonyl (C=O) groups is 1. The molecule has 32 heavy (non-hydrogen) atoms. The molecule has 0 saturated heterocycles. The predicted molar refractivity (Wildman–Crippen MR) is 123 cm³/mol. The topological polar surface area (TPSA) is 56.6 Å². The maximum atomic E-state index is 14.8. The first-order valence-electron chi connectivity index (χ1n) is 10.3.